The van der Waals surface area contributed by atoms with E-state index in [0.29, 0.717) is 17.7 Å². The molecule has 0 saturated carbocycles. The number of phenolic OH excluding ortho intramolecular Hbond substituents is 1. The Labute approximate surface area is 210 Å². The lowest BCUT2D eigenvalue weighted by molar-refractivity contribution is -0.149. The van der Waals surface area contributed by atoms with Gasteiger partial charge in [-0.2, -0.15) is 0 Å². The fourth-order valence-corrected chi connectivity index (χ4v) is 3.73. The van der Waals surface area contributed by atoms with E-state index in [1.54, 1.807) is 45.9 Å². The van der Waals surface area contributed by atoms with Gasteiger partial charge in [-0.25, -0.2) is 4.79 Å². The molecule has 0 aliphatic rings. The monoisotopic (exact) mass is 491 g/mol. The van der Waals surface area contributed by atoms with Crippen LogP contribution in [-0.4, -0.2) is 51.6 Å². The smallest absolute Gasteiger partial charge is 0.408 e. The fourth-order valence-electron chi connectivity index (χ4n) is 3.73. The Morgan fingerprint density at radius 3 is 2.17 bits per heavy atom. The largest absolute Gasteiger partial charge is 0.507 e. The number of nitrogens with one attached hydrogen (secondary N) is 2. The second kappa shape index (κ2) is 12.3. The highest BCUT2D eigenvalue weighted by atomic mass is 16.6. The molecule has 1 aromatic carbocycles. The standard InChI is InChI=1S/C27H45N3O5/c1-11-12-16-28-23(32)21(19-15-13-14-18(4)22(19)31)30(26(5,6)7)24(33)20(17(2)3)29-25(34)35-27(8,9)10/h13-15,17,20-21,31H,11-12,16H2,1-10H3,(H,28,32)(H,29,34). The molecule has 3 N–H and O–H groups in total. The quantitative estimate of drug-likeness (QED) is 0.429. The molecule has 0 bridgehead atoms. The zero-order valence-electron chi connectivity index (χ0n) is 23.1. The van der Waals surface area contributed by atoms with E-state index < -0.39 is 35.2 Å². The molecule has 3 amide bonds. The molecule has 2 atom stereocenters. The molecule has 0 aliphatic heterocycles. The number of benzene rings is 1. The van der Waals surface area contributed by atoms with E-state index in [9.17, 15) is 19.5 Å². The average Bonchev–Trinajstić information content (AvgIpc) is 2.69. The number of aromatic hydroxyl groups is 1. The van der Waals surface area contributed by atoms with Crippen LogP contribution in [0.15, 0.2) is 18.2 Å². The summed E-state index contributed by atoms with van der Waals surface area (Å²) >= 11 is 0. The molecule has 8 nitrogen and oxygen atoms in total. The maximum absolute atomic E-state index is 14.1. The predicted octanol–water partition coefficient (Wildman–Crippen LogP) is 4.83. The second-order valence-corrected chi connectivity index (χ2v) is 11.3. The van der Waals surface area contributed by atoms with Crippen molar-refractivity contribution in [2.45, 2.75) is 105 Å². The van der Waals surface area contributed by atoms with Gasteiger partial charge in [0.2, 0.25) is 11.8 Å². The maximum atomic E-state index is 14.1. The first-order chi connectivity index (χ1) is 16.0. The van der Waals surface area contributed by atoms with Gasteiger partial charge in [-0.15, -0.1) is 0 Å². The third-order valence-electron chi connectivity index (χ3n) is 5.46. The zero-order chi connectivity index (χ0) is 27.1. The number of nitrogens with zero attached hydrogens (tertiary/aromatic N) is 1. The van der Waals surface area contributed by atoms with Crippen LogP contribution in [0.5, 0.6) is 5.75 Å². The van der Waals surface area contributed by atoms with Gasteiger partial charge in [-0.3, -0.25) is 9.59 Å². The normalized spacial score (nSPS) is 13.7. The number of unbranched alkanes of at least 4 members (excludes halogenated alkanes) is 1. The van der Waals surface area contributed by atoms with Gasteiger partial charge in [-0.1, -0.05) is 45.4 Å². The van der Waals surface area contributed by atoms with E-state index in [1.165, 1.54) is 4.90 Å². The second-order valence-electron chi connectivity index (χ2n) is 11.3. The number of carbonyl (C=O) groups is 3. The third kappa shape index (κ3) is 8.75. The van der Waals surface area contributed by atoms with Gasteiger partial charge in [-0.05, 0) is 66.4 Å². The molecule has 0 fully saturated rings. The number of alkyl carbamates (subject to hydrolysis) is 1. The molecule has 198 valence electrons. The van der Waals surface area contributed by atoms with Crippen molar-refractivity contribution in [1.82, 2.24) is 15.5 Å². The van der Waals surface area contributed by atoms with Crippen LogP contribution in [0.2, 0.25) is 0 Å². The molecule has 0 aromatic heterocycles. The van der Waals surface area contributed by atoms with Crippen LogP contribution in [0.4, 0.5) is 4.79 Å². The summed E-state index contributed by atoms with van der Waals surface area (Å²) < 4.78 is 5.39. The van der Waals surface area contributed by atoms with Gasteiger partial charge < -0.3 is 25.4 Å². The van der Waals surface area contributed by atoms with Gasteiger partial charge in [0.25, 0.3) is 0 Å². The topological polar surface area (TPSA) is 108 Å². The van der Waals surface area contributed by atoms with Crippen molar-refractivity contribution in [1.29, 1.82) is 0 Å². The zero-order valence-corrected chi connectivity index (χ0v) is 23.1. The Balaban J connectivity index is 3.58. The van der Waals surface area contributed by atoms with Crippen molar-refractivity contribution in [3.05, 3.63) is 29.3 Å². The van der Waals surface area contributed by atoms with Gasteiger partial charge in [0.15, 0.2) is 0 Å². The number of carbonyl (C=O) groups excluding carboxylic acids is 3. The fraction of sp³-hybridized carbons (Fsp3) is 0.667. The molecular weight excluding hydrogens is 446 g/mol. The lowest BCUT2D eigenvalue weighted by atomic mass is 9.92. The van der Waals surface area contributed by atoms with E-state index in [-0.39, 0.29) is 17.6 Å². The number of rotatable bonds is 9. The van der Waals surface area contributed by atoms with Gasteiger partial charge in [0, 0.05) is 17.6 Å². The minimum atomic E-state index is -1.10. The van der Waals surface area contributed by atoms with Crippen molar-refractivity contribution in [2.75, 3.05) is 6.54 Å². The number of para-hydroxylation sites is 1. The predicted molar refractivity (Wildman–Crippen MR) is 138 cm³/mol. The van der Waals surface area contributed by atoms with Gasteiger partial charge >= 0.3 is 6.09 Å². The molecule has 1 rings (SSSR count). The lowest BCUT2D eigenvalue weighted by Gasteiger charge is -2.43. The molecule has 0 spiro atoms. The Kier molecular flexibility index (Phi) is 10.6. The molecule has 0 aliphatic carbocycles. The highest BCUT2D eigenvalue weighted by Gasteiger charge is 2.43. The van der Waals surface area contributed by atoms with E-state index >= 15 is 0 Å². The SMILES string of the molecule is CCCCNC(=O)C(c1cccc(C)c1O)N(C(=O)C(NC(=O)OC(C)(C)C)C(C)C)C(C)(C)C. The number of hydrogen-bond donors (Lipinski definition) is 3. The van der Waals surface area contributed by atoms with Crippen LogP contribution in [0, 0.1) is 12.8 Å². The summed E-state index contributed by atoms with van der Waals surface area (Å²) in [5.41, 5.74) is -0.611. The molecule has 0 heterocycles. The summed E-state index contributed by atoms with van der Waals surface area (Å²) in [6.07, 6.45) is 0.981. The van der Waals surface area contributed by atoms with Crippen molar-refractivity contribution in [3.8, 4) is 5.75 Å². The molecular formula is C27H45N3O5. The molecule has 0 saturated heterocycles. The Morgan fingerprint density at radius 2 is 1.69 bits per heavy atom. The molecule has 8 heteroatoms. The minimum Gasteiger partial charge on any atom is -0.507 e. The summed E-state index contributed by atoms with van der Waals surface area (Å²) in [6.45, 7) is 18.6. The number of phenols is 1. The van der Waals surface area contributed by atoms with Crippen molar-refractivity contribution in [2.24, 2.45) is 5.92 Å². The first-order valence-electron chi connectivity index (χ1n) is 12.4. The van der Waals surface area contributed by atoms with Crippen LogP contribution in [-0.2, 0) is 14.3 Å². The van der Waals surface area contributed by atoms with E-state index in [0.717, 1.165) is 12.8 Å². The third-order valence-corrected chi connectivity index (χ3v) is 5.46. The van der Waals surface area contributed by atoms with Crippen molar-refractivity contribution in [3.63, 3.8) is 0 Å². The van der Waals surface area contributed by atoms with Gasteiger partial charge in [0.05, 0.1) is 0 Å². The van der Waals surface area contributed by atoms with Crippen LogP contribution in [0.3, 0.4) is 0 Å². The summed E-state index contributed by atoms with van der Waals surface area (Å²) in [5.74, 6) is -1.14. The number of amides is 3. The first kappa shape index (κ1) is 30.3. The summed E-state index contributed by atoms with van der Waals surface area (Å²) in [5, 5.41) is 16.5. The number of ether oxygens (including phenoxy) is 1. The highest BCUT2D eigenvalue weighted by molar-refractivity contribution is 5.93. The highest BCUT2D eigenvalue weighted by Crippen LogP contribution is 2.36. The molecule has 2 unspecified atom stereocenters. The Bertz CT molecular complexity index is 884. The van der Waals surface area contributed by atoms with Crippen LogP contribution < -0.4 is 10.6 Å². The minimum absolute atomic E-state index is 0.0358. The number of hydrogen-bond acceptors (Lipinski definition) is 5. The summed E-state index contributed by atoms with van der Waals surface area (Å²) in [6, 6.07) is 3.11. The lowest BCUT2D eigenvalue weighted by Crippen LogP contribution is -2.59. The maximum Gasteiger partial charge on any atom is 0.408 e. The number of aryl methyl sites for hydroxylation is 1. The van der Waals surface area contributed by atoms with Crippen molar-refractivity contribution >= 4 is 17.9 Å². The van der Waals surface area contributed by atoms with Crippen LogP contribution >= 0.6 is 0 Å². The summed E-state index contributed by atoms with van der Waals surface area (Å²) in [7, 11) is 0. The Hall–Kier alpha value is -2.77. The summed E-state index contributed by atoms with van der Waals surface area (Å²) in [4.78, 5) is 41.7. The van der Waals surface area contributed by atoms with E-state index in [2.05, 4.69) is 10.6 Å². The molecule has 35 heavy (non-hydrogen) atoms. The molecule has 0 radical (unpaired) electrons. The van der Waals surface area contributed by atoms with Crippen LogP contribution in [0.1, 0.15) is 92.3 Å². The van der Waals surface area contributed by atoms with Crippen LogP contribution in [0.25, 0.3) is 0 Å². The first-order valence-corrected chi connectivity index (χ1v) is 12.4. The molecule has 1 aromatic rings. The Morgan fingerprint density at radius 1 is 1.09 bits per heavy atom. The van der Waals surface area contributed by atoms with E-state index in [1.807, 2.05) is 41.5 Å². The van der Waals surface area contributed by atoms with E-state index in [4.69, 9.17) is 4.74 Å². The van der Waals surface area contributed by atoms with Gasteiger partial charge in [0.1, 0.15) is 23.4 Å². The average molecular weight is 492 g/mol. The van der Waals surface area contributed by atoms with Crippen molar-refractivity contribution < 1.29 is 24.2 Å².